The van der Waals surface area contributed by atoms with Gasteiger partial charge in [-0.1, -0.05) is 13.8 Å². The highest BCUT2D eigenvalue weighted by atomic mass is 16.6. The van der Waals surface area contributed by atoms with Crippen LogP contribution in [0.25, 0.3) is 0 Å². The van der Waals surface area contributed by atoms with E-state index in [0.717, 1.165) is 6.42 Å². The maximum absolute atomic E-state index is 10.8. The van der Waals surface area contributed by atoms with E-state index in [4.69, 9.17) is 9.47 Å². The van der Waals surface area contributed by atoms with Gasteiger partial charge in [0.05, 0.1) is 25.0 Å². The lowest BCUT2D eigenvalue weighted by Gasteiger charge is -2.30. The van der Waals surface area contributed by atoms with Crippen LogP contribution in [0.3, 0.4) is 0 Å². The summed E-state index contributed by atoms with van der Waals surface area (Å²) in [6.45, 7) is 3.92. The number of aliphatic hydroxyl groups is 2. The monoisotopic (exact) mass is 328 g/mol. The molecule has 132 valence electrons. The van der Waals surface area contributed by atoms with Crippen molar-refractivity contribution in [2.24, 2.45) is 11.8 Å². The highest BCUT2D eigenvalue weighted by molar-refractivity contribution is 5.75. The van der Waals surface area contributed by atoms with Crippen LogP contribution in [0.4, 0.5) is 0 Å². The maximum Gasteiger partial charge on any atom is 0.309 e. The summed E-state index contributed by atoms with van der Waals surface area (Å²) in [5, 5.41) is 20.3. The number of cyclic esters (lactones) is 2. The molecule has 0 radical (unpaired) electrons. The van der Waals surface area contributed by atoms with Crippen molar-refractivity contribution in [3.63, 3.8) is 0 Å². The van der Waals surface area contributed by atoms with Gasteiger partial charge in [0, 0.05) is 0 Å². The van der Waals surface area contributed by atoms with Gasteiger partial charge in [-0.3, -0.25) is 9.59 Å². The molecular formula is C17H28O6. The van der Waals surface area contributed by atoms with E-state index < -0.39 is 12.2 Å². The first kappa shape index (κ1) is 18.2. The van der Waals surface area contributed by atoms with Crippen molar-refractivity contribution in [1.29, 1.82) is 0 Å². The first-order valence-corrected chi connectivity index (χ1v) is 8.60. The van der Waals surface area contributed by atoms with Crippen LogP contribution in [0.15, 0.2) is 0 Å². The summed E-state index contributed by atoms with van der Waals surface area (Å²) in [6, 6.07) is 0. The van der Waals surface area contributed by atoms with Gasteiger partial charge in [0.1, 0.15) is 12.2 Å². The van der Waals surface area contributed by atoms with Gasteiger partial charge in [-0.05, 0) is 43.9 Å². The minimum absolute atomic E-state index is 0.0389. The molecule has 2 N–H and O–H groups in total. The summed E-state index contributed by atoms with van der Waals surface area (Å²) in [5.41, 5.74) is 0. The smallest absolute Gasteiger partial charge is 0.309 e. The van der Waals surface area contributed by atoms with Gasteiger partial charge in [0.15, 0.2) is 0 Å². The number of carbonyl (C=O) groups is 2. The van der Waals surface area contributed by atoms with Crippen LogP contribution in [0.5, 0.6) is 0 Å². The average molecular weight is 328 g/mol. The minimum Gasteiger partial charge on any atom is -0.462 e. The summed E-state index contributed by atoms with van der Waals surface area (Å²) in [5.74, 6) is -0.161. The Morgan fingerprint density at radius 1 is 0.913 bits per heavy atom. The molecule has 0 aromatic rings. The standard InChI is InChI=1S/C17H28O6/c1-10(6-12-8-16(20)22-12)14(18)4-3-5-15(19)11(2)7-13-9-17(21)23-13/h10-15,18-19H,3-9H2,1-2H3. The number of rotatable bonds is 10. The molecule has 6 nitrogen and oxygen atoms in total. The van der Waals surface area contributed by atoms with Crippen LogP contribution in [0.2, 0.25) is 0 Å². The van der Waals surface area contributed by atoms with Gasteiger partial charge in [-0.15, -0.1) is 0 Å². The summed E-state index contributed by atoms with van der Waals surface area (Å²) < 4.78 is 9.94. The second-order valence-electron chi connectivity index (χ2n) is 7.12. The van der Waals surface area contributed by atoms with Crippen molar-refractivity contribution in [3.8, 4) is 0 Å². The molecule has 2 fully saturated rings. The molecule has 0 aliphatic carbocycles. The zero-order chi connectivity index (χ0) is 17.0. The van der Waals surface area contributed by atoms with Crippen molar-refractivity contribution in [1.82, 2.24) is 0 Å². The first-order chi connectivity index (χ1) is 10.8. The van der Waals surface area contributed by atoms with E-state index in [9.17, 15) is 19.8 Å². The number of aliphatic hydroxyl groups excluding tert-OH is 2. The molecule has 6 unspecified atom stereocenters. The van der Waals surface area contributed by atoms with Crippen molar-refractivity contribution < 1.29 is 29.3 Å². The van der Waals surface area contributed by atoms with Crippen LogP contribution < -0.4 is 0 Å². The number of hydrogen-bond acceptors (Lipinski definition) is 6. The predicted molar refractivity (Wildman–Crippen MR) is 82.4 cm³/mol. The molecule has 2 rings (SSSR count). The Hall–Kier alpha value is -1.14. The Balaban J connectivity index is 1.55. The van der Waals surface area contributed by atoms with Crippen molar-refractivity contribution in [2.45, 2.75) is 83.2 Å². The third kappa shape index (κ3) is 5.46. The van der Waals surface area contributed by atoms with Gasteiger partial charge >= 0.3 is 11.9 Å². The molecule has 6 atom stereocenters. The minimum atomic E-state index is -0.440. The van der Waals surface area contributed by atoms with Gasteiger partial charge in [0.2, 0.25) is 0 Å². The number of carbonyl (C=O) groups excluding carboxylic acids is 2. The Morgan fingerprint density at radius 2 is 1.26 bits per heavy atom. The fraction of sp³-hybridized carbons (Fsp3) is 0.882. The maximum atomic E-state index is 10.8. The summed E-state index contributed by atoms with van der Waals surface area (Å²) >= 11 is 0. The molecule has 0 aromatic carbocycles. The lowest BCUT2D eigenvalue weighted by molar-refractivity contribution is -0.172. The molecule has 2 saturated heterocycles. The van der Waals surface area contributed by atoms with Crippen LogP contribution in [-0.4, -0.2) is 46.6 Å². The summed E-state index contributed by atoms with van der Waals surface area (Å²) in [6.07, 6.45) is 3.34. The van der Waals surface area contributed by atoms with E-state index in [1.165, 1.54) is 0 Å². The van der Waals surface area contributed by atoms with Gasteiger partial charge in [-0.2, -0.15) is 0 Å². The Kier molecular flexibility index (Phi) is 6.41. The van der Waals surface area contributed by atoms with E-state index in [-0.39, 0.29) is 36.0 Å². The molecule has 0 saturated carbocycles. The highest BCUT2D eigenvalue weighted by Crippen LogP contribution is 2.27. The van der Waals surface area contributed by atoms with Gasteiger partial charge in [-0.25, -0.2) is 0 Å². The second kappa shape index (κ2) is 8.11. The van der Waals surface area contributed by atoms with Crippen molar-refractivity contribution in [3.05, 3.63) is 0 Å². The fourth-order valence-corrected chi connectivity index (χ4v) is 3.24. The number of esters is 2. The quantitative estimate of drug-likeness (QED) is 0.591. The van der Waals surface area contributed by atoms with Gasteiger partial charge < -0.3 is 19.7 Å². The predicted octanol–water partition coefficient (Wildman–Crippen LogP) is 1.56. The van der Waals surface area contributed by atoms with E-state index in [0.29, 0.717) is 38.5 Å². The van der Waals surface area contributed by atoms with E-state index in [1.807, 2.05) is 13.8 Å². The Morgan fingerprint density at radius 3 is 1.57 bits per heavy atom. The molecule has 2 heterocycles. The fourth-order valence-electron chi connectivity index (χ4n) is 3.24. The zero-order valence-corrected chi connectivity index (χ0v) is 13.9. The summed E-state index contributed by atoms with van der Waals surface area (Å²) in [4.78, 5) is 21.5. The molecule has 2 aliphatic rings. The zero-order valence-electron chi connectivity index (χ0n) is 13.9. The third-order valence-electron chi connectivity index (χ3n) is 4.97. The second-order valence-corrected chi connectivity index (χ2v) is 7.12. The molecule has 0 bridgehead atoms. The number of ether oxygens (including phenoxy) is 2. The molecule has 23 heavy (non-hydrogen) atoms. The molecule has 0 aromatic heterocycles. The van der Waals surface area contributed by atoms with Crippen molar-refractivity contribution in [2.75, 3.05) is 0 Å². The lowest BCUT2D eigenvalue weighted by atomic mass is 9.88. The van der Waals surface area contributed by atoms with Crippen LogP contribution in [-0.2, 0) is 19.1 Å². The van der Waals surface area contributed by atoms with E-state index >= 15 is 0 Å². The Bertz CT molecular complexity index is 369. The van der Waals surface area contributed by atoms with Crippen LogP contribution in [0.1, 0.15) is 58.8 Å². The molecule has 2 aliphatic heterocycles. The third-order valence-corrected chi connectivity index (χ3v) is 4.97. The normalized spacial score (nSPS) is 28.7. The molecular weight excluding hydrogens is 300 g/mol. The number of hydrogen-bond donors (Lipinski definition) is 2. The summed E-state index contributed by atoms with van der Waals surface area (Å²) in [7, 11) is 0. The van der Waals surface area contributed by atoms with Crippen LogP contribution in [0, 0.1) is 11.8 Å². The topological polar surface area (TPSA) is 93.1 Å². The van der Waals surface area contributed by atoms with Crippen LogP contribution >= 0.6 is 0 Å². The molecule has 0 spiro atoms. The van der Waals surface area contributed by atoms with Crippen molar-refractivity contribution >= 4 is 11.9 Å². The van der Waals surface area contributed by atoms with E-state index in [1.54, 1.807) is 0 Å². The molecule has 0 amide bonds. The Labute approximate surface area is 137 Å². The molecule has 6 heteroatoms. The van der Waals surface area contributed by atoms with Gasteiger partial charge in [0.25, 0.3) is 0 Å². The average Bonchev–Trinajstić information content (AvgIpc) is 2.43. The lowest BCUT2D eigenvalue weighted by Crippen LogP contribution is -2.36. The largest absolute Gasteiger partial charge is 0.462 e. The highest BCUT2D eigenvalue weighted by Gasteiger charge is 2.32. The first-order valence-electron chi connectivity index (χ1n) is 8.60. The van der Waals surface area contributed by atoms with E-state index in [2.05, 4.69) is 0 Å². The SMILES string of the molecule is CC(CC1CC(=O)O1)C(O)CCCC(O)C(C)CC1CC(=O)O1.